The molecule has 0 spiro atoms. The Morgan fingerprint density at radius 2 is 2.05 bits per heavy atom. The van der Waals surface area contributed by atoms with Crippen molar-refractivity contribution in [1.82, 2.24) is 15.3 Å². The quantitative estimate of drug-likeness (QED) is 0.910. The zero-order valence-electron chi connectivity index (χ0n) is 12.4. The fraction of sp³-hybridized carbons (Fsp3) is 0.733. The number of hydrogen-bond acceptors (Lipinski definition) is 5. The van der Waals surface area contributed by atoms with E-state index in [-0.39, 0.29) is 0 Å². The largest absolute Gasteiger partial charge is 0.381 e. The van der Waals surface area contributed by atoms with Crippen molar-refractivity contribution in [1.29, 1.82) is 0 Å². The van der Waals surface area contributed by atoms with Gasteiger partial charge in [-0.2, -0.15) is 0 Å². The van der Waals surface area contributed by atoms with Gasteiger partial charge in [-0.25, -0.2) is 9.97 Å². The Labute approximate surface area is 120 Å². The van der Waals surface area contributed by atoms with Crippen LogP contribution >= 0.6 is 0 Å². The minimum Gasteiger partial charge on any atom is -0.381 e. The van der Waals surface area contributed by atoms with E-state index in [9.17, 15) is 0 Å². The molecule has 1 aliphatic heterocycles. The normalized spacial score (nSPS) is 23.4. The number of ether oxygens (including phenoxy) is 1. The lowest BCUT2D eigenvalue weighted by atomic mass is 9.91. The van der Waals surface area contributed by atoms with Gasteiger partial charge in [-0.05, 0) is 32.1 Å². The molecular formula is C15H24N4O. The molecule has 1 aromatic heterocycles. The van der Waals surface area contributed by atoms with Gasteiger partial charge in [0.1, 0.15) is 0 Å². The van der Waals surface area contributed by atoms with E-state index in [1.54, 1.807) is 0 Å². The zero-order chi connectivity index (χ0) is 13.9. The second-order valence-corrected chi connectivity index (χ2v) is 5.96. The average molecular weight is 276 g/mol. The summed E-state index contributed by atoms with van der Waals surface area (Å²) in [5.41, 5.74) is 2.52. The SMILES string of the molecule is CN(C)c1ncc2c(n1)CCCC2NC1CCOCC1. The first-order valence-corrected chi connectivity index (χ1v) is 7.61. The standard InChI is InChI=1S/C15H24N4O/c1-19(2)15-16-10-12-13(4-3-5-14(12)18-15)17-11-6-8-20-9-7-11/h10-11,13,17H,3-9H2,1-2H3. The Morgan fingerprint density at radius 3 is 2.80 bits per heavy atom. The van der Waals surface area contributed by atoms with Crippen LogP contribution in [0.2, 0.25) is 0 Å². The fourth-order valence-corrected chi connectivity index (χ4v) is 3.07. The summed E-state index contributed by atoms with van der Waals surface area (Å²) < 4.78 is 5.43. The van der Waals surface area contributed by atoms with E-state index in [1.165, 1.54) is 24.1 Å². The van der Waals surface area contributed by atoms with Gasteiger partial charge in [0.05, 0.1) is 5.69 Å². The van der Waals surface area contributed by atoms with E-state index in [2.05, 4.69) is 10.3 Å². The Kier molecular flexibility index (Phi) is 4.17. The van der Waals surface area contributed by atoms with Gasteiger partial charge in [0.25, 0.3) is 0 Å². The first-order chi connectivity index (χ1) is 9.74. The second kappa shape index (κ2) is 6.06. The van der Waals surface area contributed by atoms with Crippen molar-refractivity contribution in [3.63, 3.8) is 0 Å². The molecule has 1 aliphatic carbocycles. The van der Waals surface area contributed by atoms with Crippen LogP contribution in [0.4, 0.5) is 5.95 Å². The van der Waals surface area contributed by atoms with Gasteiger partial charge in [0.15, 0.2) is 0 Å². The number of fused-ring (bicyclic) bond motifs is 1. The highest BCUT2D eigenvalue weighted by Crippen LogP contribution is 2.30. The molecule has 1 atom stereocenters. The lowest BCUT2D eigenvalue weighted by molar-refractivity contribution is 0.0741. The molecule has 1 aromatic rings. The van der Waals surface area contributed by atoms with E-state index in [0.717, 1.165) is 38.4 Å². The van der Waals surface area contributed by atoms with Crippen molar-refractivity contribution in [2.24, 2.45) is 0 Å². The van der Waals surface area contributed by atoms with Gasteiger partial charge in [0.2, 0.25) is 5.95 Å². The van der Waals surface area contributed by atoms with Crippen LogP contribution in [0.3, 0.4) is 0 Å². The van der Waals surface area contributed by atoms with Crippen LogP contribution in [0.5, 0.6) is 0 Å². The maximum Gasteiger partial charge on any atom is 0.225 e. The van der Waals surface area contributed by atoms with E-state index in [4.69, 9.17) is 9.72 Å². The Bertz CT molecular complexity index is 457. The predicted octanol–water partition coefficient (Wildman–Crippen LogP) is 1.69. The summed E-state index contributed by atoms with van der Waals surface area (Å²) in [6.45, 7) is 1.76. The van der Waals surface area contributed by atoms with Crippen molar-refractivity contribution in [2.45, 2.75) is 44.2 Å². The number of aryl methyl sites for hydroxylation is 1. The molecule has 0 radical (unpaired) electrons. The Hall–Kier alpha value is -1.20. The minimum absolute atomic E-state index is 0.415. The number of nitrogens with one attached hydrogen (secondary N) is 1. The lowest BCUT2D eigenvalue weighted by Crippen LogP contribution is -2.38. The number of hydrogen-bond donors (Lipinski definition) is 1. The van der Waals surface area contributed by atoms with Gasteiger partial charge in [0, 0.05) is 51.2 Å². The molecule has 1 unspecified atom stereocenters. The van der Waals surface area contributed by atoms with Crippen molar-refractivity contribution >= 4 is 5.95 Å². The van der Waals surface area contributed by atoms with Crippen LogP contribution in [0.15, 0.2) is 6.20 Å². The summed E-state index contributed by atoms with van der Waals surface area (Å²) in [4.78, 5) is 11.2. The van der Waals surface area contributed by atoms with Crippen LogP contribution < -0.4 is 10.2 Å². The van der Waals surface area contributed by atoms with Crippen molar-refractivity contribution in [3.8, 4) is 0 Å². The van der Waals surface area contributed by atoms with Crippen molar-refractivity contribution < 1.29 is 4.74 Å². The molecule has 1 N–H and O–H groups in total. The molecule has 0 bridgehead atoms. The molecule has 2 aliphatic rings. The van der Waals surface area contributed by atoms with Gasteiger partial charge >= 0.3 is 0 Å². The number of nitrogens with zero attached hydrogens (tertiary/aromatic N) is 3. The smallest absolute Gasteiger partial charge is 0.225 e. The molecule has 1 saturated heterocycles. The second-order valence-electron chi connectivity index (χ2n) is 5.96. The fourth-order valence-electron chi connectivity index (χ4n) is 3.07. The Morgan fingerprint density at radius 1 is 1.25 bits per heavy atom. The zero-order valence-corrected chi connectivity index (χ0v) is 12.4. The first kappa shape index (κ1) is 13.8. The summed E-state index contributed by atoms with van der Waals surface area (Å²) in [6.07, 6.45) is 7.72. The molecule has 5 heteroatoms. The van der Waals surface area contributed by atoms with Crippen LogP contribution in [-0.4, -0.2) is 43.3 Å². The highest BCUT2D eigenvalue weighted by Gasteiger charge is 2.25. The van der Waals surface area contributed by atoms with Crippen LogP contribution in [0.1, 0.15) is 43.0 Å². The van der Waals surface area contributed by atoms with Gasteiger partial charge < -0.3 is 15.0 Å². The molecule has 1 fully saturated rings. The monoisotopic (exact) mass is 276 g/mol. The van der Waals surface area contributed by atoms with Crippen LogP contribution in [-0.2, 0) is 11.2 Å². The Balaban J connectivity index is 1.75. The van der Waals surface area contributed by atoms with E-state index < -0.39 is 0 Å². The number of aromatic nitrogens is 2. The van der Waals surface area contributed by atoms with Crippen LogP contribution in [0, 0.1) is 0 Å². The van der Waals surface area contributed by atoms with Gasteiger partial charge in [-0.15, -0.1) is 0 Å². The highest BCUT2D eigenvalue weighted by atomic mass is 16.5. The molecule has 3 rings (SSSR count). The molecule has 110 valence electrons. The van der Waals surface area contributed by atoms with E-state index >= 15 is 0 Å². The molecule has 20 heavy (non-hydrogen) atoms. The third-order valence-corrected chi connectivity index (χ3v) is 4.23. The van der Waals surface area contributed by atoms with E-state index in [1.807, 2.05) is 25.2 Å². The summed E-state index contributed by atoms with van der Waals surface area (Å²) in [6, 6.07) is 0.992. The third kappa shape index (κ3) is 2.94. The maximum absolute atomic E-state index is 5.43. The highest BCUT2D eigenvalue weighted by molar-refractivity contribution is 5.34. The summed E-state index contributed by atoms with van der Waals surface area (Å²) >= 11 is 0. The van der Waals surface area contributed by atoms with Gasteiger partial charge in [-0.3, -0.25) is 0 Å². The molecule has 0 saturated carbocycles. The van der Waals surface area contributed by atoms with Crippen molar-refractivity contribution in [3.05, 3.63) is 17.5 Å². The summed E-state index contributed by atoms with van der Waals surface area (Å²) in [5, 5.41) is 3.79. The van der Waals surface area contributed by atoms with Crippen molar-refractivity contribution in [2.75, 3.05) is 32.2 Å². The topological polar surface area (TPSA) is 50.3 Å². The van der Waals surface area contributed by atoms with Gasteiger partial charge in [-0.1, -0.05) is 0 Å². The third-order valence-electron chi connectivity index (χ3n) is 4.23. The first-order valence-electron chi connectivity index (χ1n) is 7.61. The summed E-state index contributed by atoms with van der Waals surface area (Å²) in [5.74, 6) is 0.815. The summed E-state index contributed by atoms with van der Waals surface area (Å²) in [7, 11) is 3.98. The van der Waals surface area contributed by atoms with Crippen LogP contribution in [0.25, 0.3) is 0 Å². The molecule has 5 nitrogen and oxygen atoms in total. The number of anilines is 1. The van der Waals surface area contributed by atoms with E-state index in [0.29, 0.717) is 12.1 Å². The number of rotatable bonds is 3. The molecule has 0 aromatic carbocycles. The molecular weight excluding hydrogens is 252 g/mol. The molecule has 0 amide bonds. The lowest BCUT2D eigenvalue weighted by Gasteiger charge is -2.32. The average Bonchev–Trinajstić information content (AvgIpc) is 2.48. The minimum atomic E-state index is 0.415. The predicted molar refractivity (Wildman–Crippen MR) is 79.0 cm³/mol. The molecule has 2 heterocycles. The maximum atomic E-state index is 5.43.